The van der Waals surface area contributed by atoms with Crippen molar-refractivity contribution in [3.05, 3.63) is 64.8 Å². The van der Waals surface area contributed by atoms with Crippen molar-refractivity contribution in [1.82, 2.24) is 10.3 Å². The highest BCUT2D eigenvalue weighted by Crippen LogP contribution is 2.28. The number of aromatic nitrogens is 1. The SMILES string of the molecule is Cc1ccccc1N=C1NC(=O)/C(=C/c2ccccn2)S1. The summed E-state index contributed by atoms with van der Waals surface area (Å²) < 4.78 is 0. The van der Waals surface area contributed by atoms with Crippen LogP contribution in [0.1, 0.15) is 11.3 Å². The van der Waals surface area contributed by atoms with Gasteiger partial charge in [-0.25, -0.2) is 4.99 Å². The quantitative estimate of drug-likeness (QED) is 0.865. The van der Waals surface area contributed by atoms with E-state index in [1.165, 1.54) is 11.8 Å². The number of rotatable bonds is 2. The van der Waals surface area contributed by atoms with E-state index in [0.29, 0.717) is 10.1 Å². The molecule has 1 aromatic heterocycles. The molecule has 0 spiro atoms. The van der Waals surface area contributed by atoms with Crippen molar-refractivity contribution in [2.75, 3.05) is 0 Å². The van der Waals surface area contributed by atoms with Crippen molar-refractivity contribution < 1.29 is 4.79 Å². The van der Waals surface area contributed by atoms with Gasteiger partial charge in [-0.05, 0) is 48.5 Å². The summed E-state index contributed by atoms with van der Waals surface area (Å²) in [4.78, 5) is 21.2. The molecule has 1 N–H and O–H groups in total. The highest BCUT2D eigenvalue weighted by Gasteiger charge is 2.24. The number of benzene rings is 1. The molecule has 4 nitrogen and oxygen atoms in total. The fourth-order valence-corrected chi connectivity index (χ4v) is 2.69. The van der Waals surface area contributed by atoms with Crippen LogP contribution in [0, 0.1) is 6.92 Å². The third-order valence-electron chi connectivity index (χ3n) is 2.96. The van der Waals surface area contributed by atoms with Crippen LogP contribution in [0.5, 0.6) is 0 Å². The van der Waals surface area contributed by atoms with E-state index >= 15 is 0 Å². The van der Waals surface area contributed by atoms with E-state index in [2.05, 4.69) is 15.3 Å². The molecule has 0 bridgehead atoms. The van der Waals surface area contributed by atoms with E-state index in [1.807, 2.05) is 49.4 Å². The van der Waals surface area contributed by atoms with Gasteiger partial charge in [-0.2, -0.15) is 0 Å². The number of pyridine rings is 1. The number of aliphatic imine (C=N–C) groups is 1. The molecule has 1 amide bonds. The number of para-hydroxylation sites is 1. The Bertz CT molecular complexity index is 738. The summed E-state index contributed by atoms with van der Waals surface area (Å²) in [6.45, 7) is 1.99. The molecule has 0 unspecified atom stereocenters. The zero-order valence-corrected chi connectivity index (χ0v) is 12.2. The summed E-state index contributed by atoms with van der Waals surface area (Å²) in [5, 5.41) is 3.37. The first-order chi connectivity index (χ1) is 10.2. The number of carbonyl (C=O) groups is 1. The Labute approximate surface area is 127 Å². The van der Waals surface area contributed by atoms with Crippen LogP contribution in [0.25, 0.3) is 6.08 Å². The van der Waals surface area contributed by atoms with E-state index in [4.69, 9.17) is 0 Å². The Balaban J connectivity index is 1.85. The summed E-state index contributed by atoms with van der Waals surface area (Å²) in [7, 11) is 0. The third-order valence-corrected chi connectivity index (χ3v) is 3.86. The molecule has 21 heavy (non-hydrogen) atoms. The van der Waals surface area contributed by atoms with E-state index in [-0.39, 0.29) is 5.91 Å². The first kappa shape index (κ1) is 13.6. The van der Waals surface area contributed by atoms with Gasteiger partial charge in [-0.3, -0.25) is 9.78 Å². The van der Waals surface area contributed by atoms with Crippen molar-refractivity contribution in [1.29, 1.82) is 0 Å². The molecular weight excluding hydrogens is 282 g/mol. The molecule has 0 saturated carbocycles. The number of aryl methyl sites for hydroxylation is 1. The molecule has 1 aliphatic rings. The molecule has 2 heterocycles. The van der Waals surface area contributed by atoms with Gasteiger partial charge in [0.15, 0.2) is 5.17 Å². The monoisotopic (exact) mass is 295 g/mol. The lowest BCUT2D eigenvalue weighted by molar-refractivity contribution is -0.115. The number of amidine groups is 1. The minimum Gasteiger partial charge on any atom is -0.300 e. The van der Waals surface area contributed by atoms with Gasteiger partial charge in [0, 0.05) is 6.20 Å². The van der Waals surface area contributed by atoms with Crippen molar-refractivity contribution in [2.24, 2.45) is 4.99 Å². The number of nitrogens with one attached hydrogen (secondary N) is 1. The Morgan fingerprint density at radius 1 is 1.19 bits per heavy atom. The van der Waals surface area contributed by atoms with E-state index < -0.39 is 0 Å². The van der Waals surface area contributed by atoms with Gasteiger partial charge in [-0.15, -0.1) is 0 Å². The van der Waals surface area contributed by atoms with Crippen LogP contribution in [0.4, 0.5) is 5.69 Å². The van der Waals surface area contributed by atoms with Gasteiger partial charge in [0.1, 0.15) is 0 Å². The predicted octanol–water partition coefficient (Wildman–Crippen LogP) is 3.28. The molecule has 1 fully saturated rings. The van der Waals surface area contributed by atoms with Crippen molar-refractivity contribution in [2.45, 2.75) is 6.92 Å². The van der Waals surface area contributed by atoms with Gasteiger partial charge in [0.2, 0.25) is 0 Å². The second kappa shape index (κ2) is 5.93. The molecule has 0 radical (unpaired) electrons. The largest absolute Gasteiger partial charge is 0.300 e. The summed E-state index contributed by atoms with van der Waals surface area (Å²) in [5.74, 6) is -0.141. The highest BCUT2D eigenvalue weighted by atomic mass is 32.2. The van der Waals surface area contributed by atoms with E-state index in [9.17, 15) is 4.79 Å². The molecular formula is C16H13N3OS. The molecule has 5 heteroatoms. The zero-order chi connectivity index (χ0) is 14.7. The van der Waals surface area contributed by atoms with Crippen LogP contribution in [-0.4, -0.2) is 16.1 Å². The standard InChI is InChI=1S/C16H13N3OS/c1-11-6-2-3-8-13(11)18-16-19-15(20)14(21-16)10-12-7-4-5-9-17-12/h2-10H,1H3,(H,18,19,20)/b14-10-. The number of thioether (sulfide) groups is 1. The first-order valence-corrected chi connectivity index (χ1v) is 7.30. The van der Waals surface area contributed by atoms with Gasteiger partial charge in [0.05, 0.1) is 16.3 Å². The lowest BCUT2D eigenvalue weighted by atomic mass is 10.2. The number of hydrogen-bond acceptors (Lipinski definition) is 4. The number of carbonyl (C=O) groups excluding carboxylic acids is 1. The molecule has 1 aromatic carbocycles. The molecule has 104 valence electrons. The summed E-state index contributed by atoms with van der Waals surface area (Å²) >= 11 is 1.33. The van der Waals surface area contributed by atoms with Crippen molar-refractivity contribution >= 4 is 34.6 Å². The molecule has 2 aromatic rings. The maximum absolute atomic E-state index is 12.0. The summed E-state index contributed by atoms with van der Waals surface area (Å²) in [6.07, 6.45) is 3.46. The maximum Gasteiger partial charge on any atom is 0.264 e. The predicted molar refractivity (Wildman–Crippen MR) is 86.2 cm³/mol. The fourth-order valence-electron chi connectivity index (χ4n) is 1.87. The first-order valence-electron chi connectivity index (χ1n) is 6.48. The molecule has 0 aliphatic carbocycles. The highest BCUT2D eigenvalue weighted by molar-refractivity contribution is 8.18. The second-order valence-corrected chi connectivity index (χ2v) is 5.55. The minimum atomic E-state index is -0.141. The van der Waals surface area contributed by atoms with Gasteiger partial charge < -0.3 is 5.32 Å². The molecule has 1 aliphatic heterocycles. The summed E-state index contributed by atoms with van der Waals surface area (Å²) in [5.41, 5.74) is 2.69. The smallest absolute Gasteiger partial charge is 0.264 e. The lowest BCUT2D eigenvalue weighted by Gasteiger charge is -1.99. The minimum absolute atomic E-state index is 0.141. The number of hydrogen-bond donors (Lipinski definition) is 1. The van der Waals surface area contributed by atoms with Crippen LogP contribution in [0.15, 0.2) is 58.6 Å². The average molecular weight is 295 g/mol. The van der Waals surface area contributed by atoms with Crippen LogP contribution < -0.4 is 5.32 Å². The van der Waals surface area contributed by atoms with Crippen LogP contribution in [0.3, 0.4) is 0 Å². The zero-order valence-electron chi connectivity index (χ0n) is 11.4. The van der Waals surface area contributed by atoms with Crippen molar-refractivity contribution in [3.63, 3.8) is 0 Å². The third kappa shape index (κ3) is 3.20. The number of nitrogens with zero attached hydrogens (tertiary/aromatic N) is 2. The van der Waals surface area contributed by atoms with E-state index in [1.54, 1.807) is 12.3 Å². The van der Waals surface area contributed by atoms with Crippen molar-refractivity contribution in [3.8, 4) is 0 Å². The fraction of sp³-hybridized carbons (Fsp3) is 0.0625. The van der Waals surface area contributed by atoms with Crippen LogP contribution in [0.2, 0.25) is 0 Å². The molecule has 3 rings (SSSR count). The topological polar surface area (TPSA) is 54.4 Å². The molecule has 1 saturated heterocycles. The van der Waals surface area contributed by atoms with E-state index in [0.717, 1.165) is 16.9 Å². The summed E-state index contributed by atoms with van der Waals surface area (Å²) in [6, 6.07) is 13.4. The average Bonchev–Trinajstić information content (AvgIpc) is 2.82. The van der Waals surface area contributed by atoms with Crippen LogP contribution in [-0.2, 0) is 4.79 Å². The lowest BCUT2D eigenvalue weighted by Crippen LogP contribution is -2.19. The Morgan fingerprint density at radius 2 is 2.00 bits per heavy atom. The second-order valence-electron chi connectivity index (χ2n) is 4.52. The Kier molecular flexibility index (Phi) is 3.83. The van der Waals surface area contributed by atoms with Crippen LogP contribution >= 0.6 is 11.8 Å². The maximum atomic E-state index is 12.0. The molecule has 0 atom stereocenters. The Hall–Kier alpha value is -2.40. The normalized spacial score (nSPS) is 18.2. The van der Waals surface area contributed by atoms with Gasteiger partial charge in [-0.1, -0.05) is 24.3 Å². The van der Waals surface area contributed by atoms with Gasteiger partial charge >= 0.3 is 0 Å². The number of amides is 1. The Morgan fingerprint density at radius 3 is 2.76 bits per heavy atom. The van der Waals surface area contributed by atoms with Gasteiger partial charge in [0.25, 0.3) is 5.91 Å².